The highest BCUT2D eigenvalue weighted by molar-refractivity contribution is 5.72. The summed E-state index contributed by atoms with van der Waals surface area (Å²) in [6, 6.07) is 2.03. The highest BCUT2D eigenvalue weighted by atomic mass is 16.7. The third-order valence-corrected chi connectivity index (χ3v) is 5.56. The van der Waals surface area contributed by atoms with Gasteiger partial charge >= 0.3 is 0 Å². The predicted octanol–water partition coefficient (Wildman–Crippen LogP) is 4.30. The summed E-state index contributed by atoms with van der Waals surface area (Å²) in [6.07, 6.45) is 7.32. The summed E-state index contributed by atoms with van der Waals surface area (Å²) in [4.78, 5) is 9.29. The first-order valence-corrected chi connectivity index (χ1v) is 10.8. The topological polar surface area (TPSA) is 103 Å². The molecular formula is C21H31N7O2. The van der Waals surface area contributed by atoms with Crippen molar-refractivity contribution in [1.29, 1.82) is 0 Å². The van der Waals surface area contributed by atoms with E-state index in [0.717, 1.165) is 55.0 Å². The van der Waals surface area contributed by atoms with Gasteiger partial charge in [-0.15, -0.1) is 0 Å². The molecule has 0 bridgehead atoms. The van der Waals surface area contributed by atoms with E-state index in [2.05, 4.69) is 53.3 Å². The summed E-state index contributed by atoms with van der Waals surface area (Å²) in [6.45, 7) is 9.21. The Morgan fingerprint density at radius 3 is 2.83 bits per heavy atom. The zero-order valence-electron chi connectivity index (χ0n) is 18.1. The normalized spacial score (nSPS) is 19.3. The van der Waals surface area contributed by atoms with Crippen LogP contribution in [0.1, 0.15) is 71.0 Å². The lowest BCUT2D eigenvalue weighted by molar-refractivity contribution is -0.193. The molecule has 1 fully saturated rings. The summed E-state index contributed by atoms with van der Waals surface area (Å²) < 4.78 is 13.9. The number of aromatic nitrogens is 6. The van der Waals surface area contributed by atoms with E-state index in [0.29, 0.717) is 11.7 Å². The van der Waals surface area contributed by atoms with Gasteiger partial charge in [0.2, 0.25) is 0 Å². The van der Waals surface area contributed by atoms with Crippen LogP contribution >= 0.6 is 0 Å². The Bertz CT molecular complexity index is 961. The molecule has 4 heterocycles. The zero-order chi connectivity index (χ0) is 21.1. The standard InChI is InChI=1S/C21H31N7O2/c1-5-17(14(4)30-20-8-6-7-9-29-20)28-21-16(11-23-28)22-12-19(25-21)24-18-10-15(13(2)3)26-27-18/h10-14,17,20H,5-9H2,1-4H3,(H2,24,25,26,27)/t14-,17?,20?/m0/s1. The van der Waals surface area contributed by atoms with Crippen LogP contribution in [-0.2, 0) is 9.47 Å². The van der Waals surface area contributed by atoms with Gasteiger partial charge in [-0.3, -0.25) is 5.10 Å². The molecular weight excluding hydrogens is 382 g/mol. The van der Waals surface area contributed by atoms with Gasteiger partial charge in [-0.05, 0) is 38.5 Å². The summed E-state index contributed by atoms with van der Waals surface area (Å²) in [5.74, 6) is 1.73. The average molecular weight is 414 g/mol. The first kappa shape index (κ1) is 20.7. The summed E-state index contributed by atoms with van der Waals surface area (Å²) >= 11 is 0. The van der Waals surface area contributed by atoms with Gasteiger partial charge < -0.3 is 14.8 Å². The van der Waals surface area contributed by atoms with Gasteiger partial charge in [0.15, 0.2) is 23.6 Å². The van der Waals surface area contributed by atoms with Crippen molar-refractivity contribution in [3.63, 3.8) is 0 Å². The quantitative estimate of drug-likeness (QED) is 0.567. The fourth-order valence-electron chi connectivity index (χ4n) is 3.80. The van der Waals surface area contributed by atoms with Crippen LogP contribution in [0, 0.1) is 0 Å². The lowest BCUT2D eigenvalue weighted by Crippen LogP contribution is -2.32. The minimum Gasteiger partial charge on any atom is -0.353 e. The molecule has 1 aliphatic rings. The molecule has 2 N–H and O–H groups in total. The van der Waals surface area contributed by atoms with Crippen LogP contribution < -0.4 is 5.32 Å². The smallest absolute Gasteiger partial charge is 0.179 e. The molecule has 0 spiro atoms. The minimum absolute atomic E-state index is 0.0375. The minimum atomic E-state index is -0.136. The number of rotatable bonds is 8. The van der Waals surface area contributed by atoms with E-state index >= 15 is 0 Å². The van der Waals surface area contributed by atoms with Crippen molar-refractivity contribution in [2.75, 3.05) is 11.9 Å². The first-order chi connectivity index (χ1) is 14.5. The maximum Gasteiger partial charge on any atom is 0.179 e. The molecule has 0 saturated carbocycles. The van der Waals surface area contributed by atoms with Crippen LogP contribution in [0.5, 0.6) is 0 Å². The van der Waals surface area contributed by atoms with Gasteiger partial charge in [0.05, 0.1) is 24.5 Å². The van der Waals surface area contributed by atoms with Gasteiger partial charge in [-0.2, -0.15) is 10.2 Å². The molecule has 3 atom stereocenters. The number of hydrogen-bond donors (Lipinski definition) is 2. The van der Waals surface area contributed by atoms with Gasteiger partial charge in [-0.25, -0.2) is 14.6 Å². The lowest BCUT2D eigenvalue weighted by Gasteiger charge is -2.30. The SMILES string of the molecule is CCC([C@H](C)OC1CCCCO1)n1ncc2ncc(Nc3cc(C(C)C)[nH]n3)nc21. The summed E-state index contributed by atoms with van der Waals surface area (Å²) in [5, 5.41) is 15.2. The largest absolute Gasteiger partial charge is 0.353 e. The van der Waals surface area contributed by atoms with E-state index in [-0.39, 0.29) is 18.4 Å². The van der Waals surface area contributed by atoms with Crippen molar-refractivity contribution in [2.24, 2.45) is 0 Å². The predicted molar refractivity (Wildman–Crippen MR) is 115 cm³/mol. The Morgan fingerprint density at radius 2 is 2.13 bits per heavy atom. The van der Waals surface area contributed by atoms with Gasteiger partial charge in [0.25, 0.3) is 0 Å². The Kier molecular flexibility index (Phi) is 6.29. The molecule has 9 heteroatoms. The highest BCUT2D eigenvalue weighted by Gasteiger charge is 2.26. The van der Waals surface area contributed by atoms with Crippen LogP contribution in [0.3, 0.4) is 0 Å². The molecule has 3 aromatic rings. The number of nitrogens with one attached hydrogen (secondary N) is 2. The molecule has 4 rings (SSSR count). The monoisotopic (exact) mass is 413 g/mol. The highest BCUT2D eigenvalue weighted by Crippen LogP contribution is 2.26. The van der Waals surface area contributed by atoms with Crippen molar-refractivity contribution < 1.29 is 9.47 Å². The molecule has 1 saturated heterocycles. The van der Waals surface area contributed by atoms with Crippen LogP contribution in [0.2, 0.25) is 0 Å². The second-order valence-corrected chi connectivity index (χ2v) is 8.15. The van der Waals surface area contributed by atoms with Crippen LogP contribution in [0.25, 0.3) is 11.2 Å². The fourth-order valence-corrected chi connectivity index (χ4v) is 3.80. The Morgan fingerprint density at radius 1 is 1.27 bits per heavy atom. The van der Waals surface area contributed by atoms with Crippen molar-refractivity contribution >= 4 is 22.8 Å². The van der Waals surface area contributed by atoms with E-state index in [1.807, 2.05) is 10.7 Å². The first-order valence-electron chi connectivity index (χ1n) is 10.8. The maximum absolute atomic E-state index is 6.21. The van der Waals surface area contributed by atoms with E-state index in [4.69, 9.17) is 14.5 Å². The van der Waals surface area contributed by atoms with Gasteiger partial charge in [0, 0.05) is 18.4 Å². The van der Waals surface area contributed by atoms with E-state index in [1.54, 1.807) is 12.4 Å². The summed E-state index contributed by atoms with van der Waals surface area (Å²) in [7, 11) is 0. The number of fused-ring (bicyclic) bond motifs is 1. The van der Waals surface area contributed by atoms with Gasteiger partial charge in [0.1, 0.15) is 5.52 Å². The number of nitrogens with zero attached hydrogens (tertiary/aromatic N) is 5. The number of anilines is 2. The maximum atomic E-state index is 6.21. The van der Waals surface area contributed by atoms with Crippen LogP contribution in [-0.4, -0.2) is 48.9 Å². The van der Waals surface area contributed by atoms with Crippen LogP contribution in [0.15, 0.2) is 18.5 Å². The Balaban J connectivity index is 1.54. The number of ether oxygens (including phenoxy) is 2. The third-order valence-electron chi connectivity index (χ3n) is 5.56. The number of H-pyrrole nitrogens is 1. The van der Waals surface area contributed by atoms with Gasteiger partial charge in [-0.1, -0.05) is 20.8 Å². The molecule has 0 radical (unpaired) electrons. The van der Waals surface area contributed by atoms with E-state index < -0.39 is 0 Å². The van der Waals surface area contributed by atoms with E-state index in [9.17, 15) is 0 Å². The Hall–Kier alpha value is -2.52. The average Bonchev–Trinajstić information content (AvgIpc) is 3.37. The lowest BCUT2D eigenvalue weighted by atomic mass is 10.1. The Labute approximate surface area is 176 Å². The molecule has 9 nitrogen and oxygen atoms in total. The molecule has 3 aromatic heterocycles. The summed E-state index contributed by atoms with van der Waals surface area (Å²) in [5.41, 5.74) is 2.55. The van der Waals surface area contributed by atoms with Crippen molar-refractivity contribution in [1.82, 2.24) is 29.9 Å². The van der Waals surface area contributed by atoms with Crippen molar-refractivity contribution in [3.8, 4) is 0 Å². The van der Waals surface area contributed by atoms with E-state index in [1.165, 1.54) is 0 Å². The third kappa shape index (κ3) is 4.46. The second-order valence-electron chi connectivity index (χ2n) is 8.15. The van der Waals surface area contributed by atoms with Crippen LogP contribution in [0.4, 0.5) is 11.6 Å². The molecule has 2 unspecified atom stereocenters. The fraction of sp³-hybridized carbons (Fsp3) is 0.619. The zero-order valence-corrected chi connectivity index (χ0v) is 18.1. The molecule has 0 aliphatic carbocycles. The van der Waals surface area contributed by atoms with Crippen molar-refractivity contribution in [2.45, 2.75) is 77.7 Å². The number of hydrogen-bond acceptors (Lipinski definition) is 7. The molecule has 1 aliphatic heterocycles. The molecule has 162 valence electrons. The van der Waals surface area contributed by atoms with Crippen molar-refractivity contribution in [3.05, 3.63) is 24.2 Å². The second kappa shape index (κ2) is 9.09. The molecule has 0 amide bonds. The molecule has 30 heavy (non-hydrogen) atoms. The molecule has 0 aromatic carbocycles. The number of aromatic amines is 1.